The summed E-state index contributed by atoms with van der Waals surface area (Å²) < 4.78 is 31.2. The summed E-state index contributed by atoms with van der Waals surface area (Å²) in [7, 11) is -2.46. The molecule has 0 aromatic heterocycles. The van der Waals surface area contributed by atoms with Crippen LogP contribution in [-0.4, -0.2) is 62.6 Å². The van der Waals surface area contributed by atoms with E-state index in [4.69, 9.17) is 4.74 Å². The summed E-state index contributed by atoms with van der Waals surface area (Å²) in [5.41, 5.74) is 0.193. The number of ether oxygens (including phenoxy) is 1. The van der Waals surface area contributed by atoms with E-state index < -0.39 is 27.9 Å². The van der Waals surface area contributed by atoms with Gasteiger partial charge in [-0.2, -0.15) is 4.31 Å². The minimum absolute atomic E-state index is 0.0879. The topological polar surface area (TPSA) is 113 Å². The lowest BCUT2D eigenvalue weighted by atomic mass is 10.2. The van der Waals surface area contributed by atoms with Crippen molar-refractivity contribution in [2.75, 3.05) is 26.8 Å². The van der Waals surface area contributed by atoms with Crippen molar-refractivity contribution in [2.45, 2.75) is 23.8 Å². The third kappa shape index (κ3) is 3.92. The van der Waals surface area contributed by atoms with Crippen LogP contribution in [0.2, 0.25) is 0 Å². The summed E-state index contributed by atoms with van der Waals surface area (Å²) in [6.07, 6.45) is 0.777. The zero-order chi connectivity index (χ0) is 17.7. The molecular weight excluding hydrogens is 336 g/mol. The second-order valence-electron chi connectivity index (χ2n) is 5.39. The molecule has 1 aromatic rings. The maximum Gasteiger partial charge on any atom is 0.322 e. The Hall–Kier alpha value is -1.97. The van der Waals surface area contributed by atoms with E-state index in [9.17, 15) is 23.1 Å². The fourth-order valence-electron chi connectivity index (χ4n) is 2.58. The van der Waals surface area contributed by atoms with Crippen LogP contribution < -0.4 is 5.32 Å². The zero-order valence-corrected chi connectivity index (χ0v) is 14.1. The van der Waals surface area contributed by atoms with Crippen LogP contribution in [0.1, 0.15) is 23.2 Å². The number of hydrogen-bond acceptors (Lipinski definition) is 5. The highest BCUT2D eigenvalue weighted by Crippen LogP contribution is 2.26. The predicted octanol–water partition coefficient (Wildman–Crippen LogP) is 0.301. The number of carboxylic acids is 1. The van der Waals surface area contributed by atoms with Gasteiger partial charge in [-0.1, -0.05) is 6.07 Å². The van der Waals surface area contributed by atoms with Gasteiger partial charge in [0.15, 0.2) is 0 Å². The number of methoxy groups -OCH3 is 1. The van der Waals surface area contributed by atoms with E-state index >= 15 is 0 Å². The van der Waals surface area contributed by atoms with Crippen molar-refractivity contribution in [3.05, 3.63) is 29.8 Å². The number of benzene rings is 1. The van der Waals surface area contributed by atoms with Crippen LogP contribution >= 0.6 is 0 Å². The van der Waals surface area contributed by atoms with Crippen LogP contribution in [0, 0.1) is 0 Å². The Bertz CT molecular complexity index is 718. The molecule has 2 rings (SSSR count). The highest BCUT2D eigenvalue weighted by Gasteiger charge is 2.39. The molecule has 1 heterocycles. The van der Waals surface area contributed by atoms with Gasteiger partial charge in [0, 0.05) is 25.8 Å². The van der Waals surface area contributed by atoms with Crippen LogP contribution in [0.4, 0.5) is 0 Å². The number of nitrogens with zero attached hydrogens (tertiary/aromatic N) is 1. The average molecular weight is 356 g/mol. The Kier molecular flexibility index (Phi) is 5.92. The molecule has 1 aliphatic rings. The second-order valence-corrected chi connectivity index (χ2v) is 7.28. The van der Waals surface area contributed by atoms with Crippen LogP contribution in [0.5, 0.6) is 0 Å². The SMILES string of the molecule is COCCNC(=O)c1cccc(S(=O)(=O)N2CCC[C@H]2C(=O)O)c1. The van der Waals surface area contributed by atoms with E-state index in [1.165, 1.54) is 31.4 Å². The number of rotatable bonds is 7. The van der Waals surface area contributed by atoms with E-state index in [-0.39, 0.29) is 23.4 Å². The van der Waals surface area contributed by atoms with Crippen molar-refractivity contribution in [1.82, 2.24) is 9.62 Å². The van der Waals surface area contributed by atoms with E-state index in [1.54, 1.807) is 0 Å². The Morgan fingerprint density at radius 1 is 1.42 bits per heavy atom. The molecule has 1 aliphatic heterocycles. The van der Waals surface area contributed by atoms with Gasteiger partial charge >= 0.3 is 5.97 Å². The van der Waals surface area contributed by atoms with Crippen LogP contribution in [0.15, 0.2) is 29.2 Å². The summed E-state index contributed by atoms with van der Waals surface area (Å²) in [4.78, 5) is 23.2. The molecule has 1 saturated heterocycles. The maximum atomic E-state index is 12.7. The lowest BCUT2D eigenvalue weighted by molar-refractivity contribution is -0.140. The summed E-state index contributed by atoms with van der Waals surface area (Å²) in [6.45, 7) is 0.806. The number of sulfonamides is 1. The molecule has 0 bridgehead atoms. The Labute approximate surface area is 140 Å². The van der Waals surface area contributed by atoms with Crippen LogP contribution in [-0.2, 0) is 19.6 Å². The predicted molar refractivity (Wildman–Crippen MR) is 85.2 cm³/mol. The number of nitrogens with one attached hydrogen (secondary N) is 1. The second kappa shape index (κ2) is 7.73. The van der Waals surface area contributed by atoms with Gasteiger partial charge in [0.25, 0.3) is 5.91 Å². The number of amides is 1. The van der Waals surface area contributed by atoms with Gasteiger partial charge in [-0.3, -0.25) is 9.59 Å². The largest absolute Gasteiger partial charge is 0.480 e. The number of aliphatic carboxylic acids is 1. The normalized spacial score (nSPS) is 18.5. The van der Waals surface area contributed by atoms with Gasteiger partial charge in [-0.05, 0) is 31.0 Å². The number of carboxylic acid groups (broad SMARTS) is 1. The molecule has 24 heavy (non-hydrogen) atoms. The van der Waals surface area contributed by atoms with Crippen molar-refractivity contribution in [3.63, 3.8) is 0 Å². The molecule has 0 unspecified atom stereocenters. The van der Waals surface area contributed by atoms with Gasteiger partial charge in [0.05, 0.1) is 11.5 Å². The molecule has 1 aromatic carbocycles. The van der Waals surface area contributed by atoms with Crippen molar-refractivity contribution in [2.24, 2.45) is 0 Å². The minimum atomic E-state index is -3.97. The molecule has 8 nitrogen and oxygen atoms in total. The Balaban J connectivity index is 2.23. The quantitative estimate of drug-likeness (QED) is 0.680. The third-order valence-electron chi connectivity index (χ3n) is 3.78. The molecular formula is C15H20N2O6S. The lowest BCUT2D eigenvalue weighted by Crippen LogP contribution is -2.40. The van der Waals surface area contributed by atoms with Crippen LogP contribution in [0.3, 0.4) is 0 Å². The number of carbonyl (C=O) groups excluding carboxylic acids is 1. The summed E-state index contributed by atoms with van der Waals surface area (Å²) in [5.74, 6) is -1.58. The highest BCUT2D eigenvalue weighted by atomic mass is 32.2. The minimum Gasteiger partial charge on any atom is -0.480 e. The molecule has 0 radical (unpaired) electrons. The Morgan fingerprint density at radius 2 is 2.17 bits per heavy atom. The first-order chi connectivity index (χ1) is 11.4. The first kappa shape index (κ1) is 18.4. The standard InChI is InChI=1S/C15H20N2O6S/c1-23-9-7-16-14(18)11-4-2-5-12(10-11)24(21,22)17-8-3-6-13(17)15(19)20/h2,4-5,10,13H,3,6-9H2,1H3,(H,16,18)(H,19,20)/t13-/m0/s1. The van der Waals surface area contributed by atoms with E-state index in [2.05, 4.69) is 5.32 Å². The molecule has 9 heteroatoms. The van der Waals surface area contributed by atoms with Gasteiger partial charge < -0.3 is 15.2 Å². The molecule has 1 atom stereocenters. The van der Waals surface area contributed by atoms with E-state index in [0.717, 1.165) is 4.31 Å². The number of carbonyl (C=O) groups is 2. The van der Waals surface area contributed by atoms with Crippen LogP contribution in [0.25, 0.3) is 0 Å². The average Bonchev–Trinajstić information content (AvgIpc) is 3.06. The highest BCUT2D eigenvalue weighted by molar-refractivity contribution is 7.89. The first-order valence-electron chi connectivity index (χ1n) is 7.50. The summed E-state index contributed by atoms with van der Waals surface area (Å²) in [5, 5.41) is 11.8. The molecule has 0 spiro atoms. The van der Waals surface area contributed by atoms with Gasteiger partial charge in [-0.25, -0.2) is 8.42 Å². The first-order valence-corrected chi connectivity index (χ1v) is 8.94. The fraction of sp³-hybridized carbons (Fsp3) is 0.467. The van der Waals surface area contributed by atoms with E-state index in [0.29, 0.717) is 19.6 Å². The summed E-state index contributed by atoms with van der Waals surface area (Å²) >= 11 is 0. The molecule has 0 aliphatic carbocycles. The molecule has 1 fully saturated rings. The van der Waals surface area contributed by atoms with E-state index in [1.807, 2.05) is 0 Å². The zero-order valence-electron chi connectivity index (χ0n) is 13.3. The Morgan fingerprint density at radius 3 is 2.83 bits per heavy atom. The third-order valence-corrected chi connectivity index (χ3v) is 5.69. The smallest absolute Gasteiger partial charge is 0.322 e. The van der Waals surface area contributed by atoms with Crippen molar-refractivity contribution in [1.29, 1.82) is 0 Å². The lowest BCUT2D eigenvalue weighted by Gasteiger charge is -2.21. The molecule has 0 saturated carbocycles. The number of hydrogen-bond donors (Lipinski definition) is 2. The van der Waals surface area contributed by atoms with Crippen molar-refractivity contribution < 1.29 is 27.9 Å². The van der Waals surface area contributed by atoms with Gasteiger partial charge in [0.2, 0.25) is 10.0 Å². The molecule has 132 valence electrons. The molecule has 2 N–H and O–H groups in total. The fourth-order valence-corrected chi connectivity index (χ4v) is 4.27. The van der Waals surface area contributed by atoms with Crippen molar-refractivity contribution >= 4 is 21.9 Å². The maximum absolute atomic E-state index is 12.7. The van der Waals surface area contributed by atoms with Crippen molar-refractivity contribution in [3.8, 4) is 0 Å². The summed E-state index contributed by atoms with van der Waals surface area (Å²) in [6, 6.07) is 4.52. The van der Waals surface area contributed by atoms with Gasteiger partial charge in [0.1, 0.15) is 6.04 Å². The molecule has 1 amide bonds. The van der Waals surface area contributed by atoms with Gasteiger partial charge in [-0.15, -0.1) is 0 Å². The monoisotopic (exact) mass is 356 g/mol.